The molecule has 0 atom stereocenters. The van der Waals surface area contributed by atoms with Crippen LogP contribution in [0.5, 0.6) is 5.75 Å². The molecule has 7 heteroatoms. The number of hydrogen-bond acceptors (Lipinski definition) is 4. The van der Waals surface area contributed by atoms with E-state index in [0.717, 1.165) is 0 Å². The summed E-state index contributed by atoms with van der Waals surface area (Å²) >= 11 is 0. The molecule has 6 nitrogen and oxygen atoms in total. The fraction of sp³-hybridized carbons (Fsp3) is 0.316. The van der Waals surface area contributed by atoms with Crippen LogP contribution in [0, 0.1) is 0 Å². The van der Waals surface area contributed by atoms with Crippen molar-refractivity contribution in [2.24, 2.45) is 0 Å². The molecule has 2 rings (SSSR count). The molecule has 0 saturated carbocycles. The zero-order valence-electron chi connectivity index (χ0n) is 15.5. The number of rotatable bonds is 7. The van der Waals surface area contributed by atoms with Crippen LogP contribution in [0.2, 0.25) is 0 Å². The first kappa shape index (κ1) is 19.8. The second-order valence-electron chi connectivity index (χ2n) is 5.65. The van der Waals surface area contributed by atoms with Crippen molar-refractivity contribution in [1.29, 1.82) is 0 Å². The van der Waals surface area contributed by atoms with Gasteiger partial charge in [-0.25, -0.2) is 8.42 Å². The summed E-state index contributed by atoms with van der Waals surface area (Å²) in [5, 5.41) is 0. The molecule has 0 heterocycles. The molecule has 0 aliphatic carbocycles. The minimum absolute atomic E-state index is 0.113. The third kappa shape index (κ3) is 3.83. The van der Waals surface area contributed by atoms with Crippen LogP contribution in [-0.2, 0) is 10.0 Å². The molecular weight excluding hydrogens is 352 g/mol. The first-order chi connectivity index (χ1) is 12.4. The number of amides is 1. The summed E-state index contributed by atoms with van der Waals surface area (Å²) in [4.78, 5) is 14.2. The average Bonchev–Trinajstić information content (AvgIpc) is 2.68. The van der Waals surface area contributed by atoms with Gasteiger partial charge < -0.3 is 9.64 Å². The predicted octanol–water partition coefficient (Wildman–Crippen LogP) is 3.00. The fourth-order valence-electron chi connectivity index (χ4n) is 2.64. The van der Waals surface area contributed by atoms with Gasteiger partial charge in [0, 0.05) is 25.7 Å². The van der Waals surface area contributed by atoms with Gasteiger partial charge in [0.2, 0.25) is 0 Å². The van der Waals surface area contributed by atoms with Crippen molar-refractivity contribution in [2.75, 3.05) is 31.6 Å². The quantitative estimate of drug-likeness (QED) is 0.745. The molecule has 0 bridgehead atoms. The maximum Gasteiger partial charge on any atom is 0.264 e. The Morgan fingerprint density at radius 2 is 1.58 bits per heavy atom. The molecule has 0 aliphatic rings. The standard InChI is InChI=1S/C19H24N2O4S/c1-5-21(6-2)19(22)15-11-13-16(14-12-15)26(23,24)20(3)17-9-7-8-10-18(17)25-4/h7-14H,5-6H2,1-4H3. The molecule has 0 radical (unpaired) electrons. The van der Waals surface area contributed by atoms with Crippen molar-refractivity contribution in [3.8, 4) is 5.75 Å². The maximum atomic E-state index is 12.9. The highest BCUT2D eigenvalue weighted by Crippen LogP contribution is 2.30. The topological polar surface area (TPSA) is 66.9 Å². The molecular formula is C19H24N2O4S. The van der Waals surface area contributed by atoms with E-state index in [9.17, 15) is 13.2 Å². The van der Waals surface area contributed by atoms with Crippen molar-refractivity contribution < 1.29 is 17.9 Å². The van der Waals surface area contributed by atoms with Gasteiger partial charge in [-0.15, -0.1) is 0 Å². The Morgan fingerprint density at radius 3 is 2.12 bits per heavy atom. The van der Waals surface area contributed by atoms with Gasteiger partial charge in [0.1, 0.15) is 5.75 Å². The monoisotopic (exact) mass is 376 g/mol. The Kier molecular flexibility index (Phi) is 6.26. The highest BCUT2D eigenvalue weighted by Gasteiger charge is 2.24. The lowest BCUT2D eigenvalue weighted by Gasteiger charge is -2.22. The predicted molar refractivity (Wildman–Crippen MR) is 102 cm³/mol. The molecule has 26 heavy (non-hydrogen) atoms. The number of para-hydroxylation sites is 2. The van der Waals surface area contributed by atoms with Gasteiger partial charge in [-0.2, -0.15) is 0 Å². The number of carbonyl (C=O) groups is 1. The highest BCUT2D eigenvalue weighted by molar-refractivity contribution is 7.92. The van der Waals surface area contributed by atoms with Crippen molar-refractivity contribution in [1.82, 2.24) is 4.90 Å². The molecule has 0 aromatic heterocycles. The minimum Gasteiger partial charge on any atom is -0.495 e. The number of methoxy groups -OCH3 is 1. The minimum atomic E-state index is -3.77. The van der Waals surface area contributed by atoms with E-state index in [0.29, 0.717) is 30.1 Å². The van der Waals surface area contributed by atoms with E-state index in [1.165, 1.54) is 30.6 Å². The first-order valence-electron chi connectivity index (χ1n) is 8.38. The maximum absolute atomic E-state index is 12.9. The van der Waals surface area contributed by atoms with Crippen LogP contribution in [0.4, 0.5) is 5.69 Å². The summed E-state index contributed by atoms with van der Waals surface area (Å²) in [6.45, 7) is 5.02. The van der Waals surface area contributed by atoms with Gasteiger partial charge >= 0.3 is 0 Å². The van der Waals surface area contributed by atoms with Gasteiger partial charge in [-0.1, -0.05) is 12.1 Å². The molecule has 0 unspecified atom stereocenters. The lowest BCUT2D eigenvalue weighted by atomic mass is 10.2. The Morgan fingerprint density at radius 1 is 1.00 bits per heavy atom. The van der Waals surface area contributed by atoms with Crippen LogP contribution in [-0.4, -0.2) is 46.5 Å². The molecule has 0 spiro atoms. The van der Waals surface area contributed by atoms with Crippen LogP contribution in [0.3, 0.4) is 0 Å². The van der Waals surface area contributed by atoms with Crippen LogP contribution < -0.4 is 9.04 Å². The number of anilines is 1. The summed E-state index contributed by atoms with van der Waals surface area (Å²) in [6, 6.07) is 12.9. The molecule has 140 valence electrons. The molecule has 2 aromatic rings. The largest absolute Gasteiger partial charge is 0.495 e. The van der Waals surface area contributed by atoms with Gasteiger partial charge in [0.25, 0.3) is 15.9 Å². The zero-order chi connectivity index (χ0) is 19.3. The lowest BCUT2D eigenvalue weighted by molar-refractivity contribution is 0.0773. The number of ether oxygens (including phenoxy) is 1. The third-order valence-corrected chi connectivity index (χ3v) is 6.02. The second-order valence-corrected chi connectivity index (χ2v) is 7.62. The van der Waals surface area contributed by atoms with E-state index in [2.05, 4.69) is 0 Å². The number of sulfonamides is 1. The van der Waals surface area contributed by atoms with E-state index < -0.39 is 10.0 Å². The Labute approximate surface area is 155 Å². The molecule has 0 saturated heterocycles. The van der Waals surface area contributed by atoms with Crippen molar-refractivity contribution in [3.63, 3.8) is 0 Å². The normalized spacial score (nSPS) is 11.1. The third-order valence-electron chi connectivity index (χ3n) is 4.23. The molecule has 1 amide bonds. The number of hydrogen-bond donors (Lipinski definition) is 0. The van der Waals surface area contributed by atoms with Crippen molar-refractivity contribution in [3.05, 3.63) is 54.1 Å². The van der Waals surface area contributed by atoms with Crippen LogP contribution in [0.25, 0.3) is 0 Å². The zero-order valence-corrected chi connectivity index (χ0v) is 16.3. The second kappa shape index (κ2) is 8.23. The Hall–Kier alpha value is -2.54. The highest BCUT2D eigenvalue weighted by atomic mass is 32.2. The Bertz CT molecular complexity index is 859. The summed E-state index contributed by atoms with van der Waals surface area (Å²) in [5.74, 6) is 0.351. The van der Waals surface area contributed by atoms with Crippen LogP contribution in [0.1, 0.15) is 24.2 Å². The van der Waals surface area contributed by atoms with Crippen molar-refractivity contribution in [2.45, 2.75) is 18.7 Å². The van der Waals surface area contributed by atoms with Gasteiger partial charge in [0.15, 0.2) is 0 Å². The van der Waals surface area contributed by atoms with Crippen LogP contribution in [0.15, 0.2) is 53.4 Å². The molecule has 2 aromatic carbocycles. The first-order valence-corrected chi connectivity index (χ1v) is 9.82. The SMILES string of the molecule is CCN(CC)C(=O)c1ccc(S(=O)(=O)N(C)c2ccccc2OC)cc1. The lowest BCUT2D eigenvalue weighted by Crippen LogP contribution is -2.30. The molecule has 0 N–H and O–H groups in total. The van der Waals surface area contributed by atoms with E-state index in [4.69, 9.17) is 4.74 Å². The molecule has 0 fully saturated rings. The van der Waals surface area contributed by atoms with E-state index in [1.54, 1.807) is 41.3 Å². The summed E-state index contributed by atoms with van der Waals surface area (Å²) in [7, 11) is -0.803. The van der Waals surface area contributed by atoms with Crippen molar-refractivity contribution >= 4 is 21.6 Å². The van der Waals surface area contributed by atoms with Gasteiger partial charge in [-0.05, 0) is 50.2 Å². The summed E-state index contributed by atoms with van der Waals surface area (Å²) in [5.41, 5.74) is 0.908. The summed E-state index contributed by atoms with van der Waals surface area (Å²) < 4.78 is 32.2. The fourth-order valence-corrected chi connectivity index (χ4v) is 3.85. The van der Waals surface area contributed by atoms with E-state index >= 15 is 0 Å². The van der Waals surface area contributed by atoms with E-state index in [-0.39, 0.29) is 10.8 Å². The average molecular weight is 376 g/mol. The van der Waals surface area contributed by atoms with Crippen LogP contribution >= 0.6 is 0 Å². The smallest absolute Gasteiger partial charge is 0.264 e. The number of benzene rings is 2. The van der Waals surface area contributed by atoms with Gasteiger partial charge in [-0.3, -0.25) is 9.10 Å². The van der Waals surface area contributed by atoms with E-state index in [1.807, 2.05) is 13.8 Å². The Balaban J connectivity index is 2.33. The molecule has 0 aliphatic heterocycles. The summed E-state index contributed by atoms with van der Waals surface area (Å²) in [6.07, 6.45) is 0. The number of carbonyl (C=O) groups excluding carboxylic acids is 1. The van der Waals surface area contributed by atoms with Gasteiger partial charge in [0.05, 0.1) is 17.7 Å². The number of nitrogens with zero attached hydrogens (tertiary/aromatic N) is 2.